The molecule has 4 aromatic rings. The number of carbonyl (C=O) groups excluding carboxylic acids is 1. The van der Waals surface area contributed by atoms with Gasteiger partial charge in [0.2, 0.25) is 5.43 Å². The van der Waals surface area contributed by atoms with Crippen LogP contribution < -0.4 is 19.9 Å². The Hall–Kier alpha value is -5.11. The van der Waals surface area contributed by atoms with Gasteiger partial charge in [-0.05, 0) is 17.7 Å². The predicted molar refractivity (Wildman–Crippen MR) is 156 cm³/mol. The number of ether oxygens (including phenoxy) is 2. The van der Waals surface area contributed by atoms with E-state index >= 15 is 4.39 Å². The molecular weight excluding hydrogens is 521 g/mol. The number of benzene rings is 3. The third-order valence-corrected chi connectivity index (χ3v) is 6.76. The lowest BCUT2D eigenvalue weighted by atomic mass is 9.96. The highest BCUT2D eigenvalue weighted by atomic mass is 19.1. The average molecular weight is 552 g/mol. The summed E-state index contributed by atoms with van der Waals surface area (Å²) in [5.41, 5.74) is 1.50. The van der Waals surface area contributed by atoms with Crippen molar-refractivity contribution >= 4 is 5.91 Å². The minimum Gasteiger partial charge on any atom is -0.489 e. The van der Waals surface area contributed by atoms with E-state index in [-0.39, 0.29) is 37.9 Å². The topological polar surface area (TPSA) is 64.0 Å². The van der Waals surface area contributed by atoms with E-state index in [9.17, 15) is 9.59 Å². The highest BCUT2D eigenvalue weighted by Crippen LogP contribution is 2.37. The second-order valence-corrected chi connectivity index (χ2v) is 9.44. The van der Waals surface area contributed by atoms with E-state index in [2.05, 4.69) is 13.2 Å². The molecule has 8 heteroatoms. The Morgan fingerprint density at radius 3 is 2.29 bits per heavy atom. The molecule has 1 amide bonds. The maximum absolute atomic E-state index is 15.5. The number of amides is 1. The molecule has 0 radical (unpaired) electrons. The number of aromatic nitrogens is 1. The molecule has 0 N–H and O–H groups in total. The third kappa shape index (κ3) is 5.63. The van der Waals surface area contributed by atoms with Crippen LogP contribution in [0, 0.1) is 5.82 Å². The van der Waals surface area contributed by atoms with Crippen LogP contribution in [-0.4, -0.2) is 35.3 Å². The van der Waals surface area contributed by atoms with Gasteiger partial charge in [0, 0.05) is 29.9 Å². The molecule has 3 aromatic carbocycles. The summed E-state index contributed by atoms with van der Waals surface area (Å²) in [5.74, 6) is -0.365. The van der Waals surface area contributed by atoms with Gasteiger partial charge in [-0.2, -0.15) is 0 Å². The first-order valence-corrected chi connectivity index (χ1v) is 13.2. The maximum Gasteiger partial charge on any atom is 0.278 e. The second kappa shape index (κ2) is 12.4. The van der Waals surface area contributed by atoms with Crippen molar-refractivity contribution in [1.29, 1.82) is 0 Å². The number of hydrogen-bond acceptors (Lipinski definition) is 5. The Morgan fingerprint density at radius 2 is 1.56 bits per heavy atom. The monoisotopic (exact) mass is 551 g/mol. The first kappa shape index (κ1) is 27.5. The predicted octanol–water partition coefficient (Wildman–Crippen LogP) is 5.46. The average Bonchev–Trinajstić information content (AvgIpc) is 2.99. The Bertz CT molecular complexity index is 1620. The highest BCUT2D eigenvalue weighted by molar-refractivity contribution is 5.96. The van der Waals surface area contributed by atoms with E-state index < -0.39 is 23.2 Å². The summed E-state index contributed by atoms with van der Waals surface area (Å²) < 4.78 is 29.1. The van der Waals surface area contributed by atoms with Crippen LogP contribution in [0.15, 0.2) is 121 Å². The van der Waals surface area contributed by atoms with Crippen LogP contribution in [-0.2, 0) is 6.61 Å². The lowest BCUT2D eigenvalue weighted by Gasteiger charge is -2.44. The van der Waals surface area contributed by atoms with Crippen molar-refractivity contribution in [3.63, 3.8) is 0 Å². The number of nitrogens with zero attached hydrogens (tertiary/aromatic N) is 3. The van der Waals surface area contributed by atoms with E-state index in [0.717, 1.165) is 5.56 Å². The quantitative estimate of drug-likeness (QED) is 0.232. The van der Waals surface area contributed by atoms with Crippen LogP contribution in [0.2, 0.25) is 0 Å². The lowest BCUT2D eigenvalue weighted by Crippen LogP contribution is -2.55. The fraction of sp³-hybridized carbons (Fsp3) is 0.152. The van der Waals surface area contributed by atoms with Crippen molar-refractivity contribution in [2.45, 2.75) is 12.6 Å². The standard InChI is InChI=1S/C33H30FN3O4/c1-3-19-35-23-37(30(25-14-8-10-16-27(25)34)26-15-9-11-17-29(26)40-21-4-2)36-20-18-28(38)32(31(36)33(35)39)41-22-24-12-6-5-7-13-24/h3-18,20,30H,1-2,19,21-23H2. The van der Waals surface area contributed by atoms with E-state index in [0.29, 0.717) is 16.9 Å². The van der Waals surface area contributed by atoms with Crippen LogP contribution in [0.5, 0.6) is 11.5 Å². The molecule has 7 nitrogen and oxygen atoms in total. The molecule has 5 rings (SSSR count). The molecule has 208 valence electrons. The first-order chi connectivity index (χ1) is 20.0. The molecule has 2 heterocycles. The normalized spacial score (nSPS) is 13.3. The van der Waals surface area contributed by atoms with Gasteiger partial charge in [-0.1, -0.05) is 85.5 Å². The molecular formula is C33H30FN3O4. The molecule has 0 bridgehead atoms. The van der Waals surface area contributed by atoms with Crippen LogP contribution in [0.1, 0.15) is 33.2 Å². The van der Waals surface area contributed by atoms with Gasteiger partial charge < -0.3 is 14.4 Å². The summed E-state index contributed by atoms with van der Waals surface area (Å²) in [4.78, 5) is 28.5. The molecule has 1 aliphatic rings. The van der Waals surface area contributed by atoms with E-state index in [1.54, 1.807) is 35.0 Å². The Balaban J connectivity index is 1.70. The van der Waals surface area contributed by atoms with Crippen molar-refractivity contribution in [2.75, 3.05) is 24.8 Å². The van der Waals surface area contributed by atoms with Crippen molar-refractivity contribution in [1.82, 2.24) is 9.58 Å². The van der Waals surface area contributed by atoms with Gasteiger partial charge in [-0.25, -0.2) is 4.39 Å². The minimum atomic E-state index is -0.749. The number of fused-ring (bicyclic) bond motifs is 1. The van der Waals surface area contributed by atoms with Crippen LogP contribution in [0.25, 0.3) is 0 Å². The van der Waals surface area contributed by atoms with E-state index in [1.807, 2.05) is 59.6 Å². The van der Waals surface area contributed by atoms with Gasteiger partial charge in [0.05, 0.1) is 0 Å². The van der Waals surface area contributed by atoms with Crippen molar-refractivity contribution < 1.29 is 18.7 Å². The first-order valence-electron chi connectivity index (χ1n) is 13.2. The summed E-state index contributed by atoms with van der Waals surface area (Å²) in [5, 5.41) is 1.82. The van der Waals surface area contributed by atoms with Crippen molar-refractivity contribution in [3.8, 4) is 11.5 Å². The Morgan fingerprint density at radius 1 is 0.854 bits per heavy atom. The molecule has 0 aliphatic carbocycles. The van der Waals surface area contributed by atoms with Crippen LogP contribution >= 0.6 is 0 Å². The summed E-state index contributed by atoms with van der Waals surface area (Å²) >= 11 is 0. The summed E-state index contributed by atoms with van der Waals surface area (Å²) in [7, 11) is 0. The van der Waals surface area contributed by atoms with Crippen molar-refractivity contribution in [2.24, 2.45) is 0 Å². The molecule has 1 aliphatic heterocycles. The number of para-hydroxylation sites is 1. The molecule has 0 spiro atoms. The van der Waals surface area contributed by atoms with Gasteiger partial charge in [0.1, 0.15) is 37.5 Å². The van der Waals surface area contributed by atoms with Gasteiger partial charge >= 0.3 is 0 Å². The molecule has 41 heavy (non-hydrogen) atoms. The van der Waals surface area contributed by atoms with Gasteiger partial charge in [-0.3, -0.25) is 19.3 Å². The second-order valence-electron chi connectivity index (χ2n) is 9.44. The zero-order chi connectivity index (χ0) is 28.8. The number of hydrogen-bond donors (Lipinski definition) is 0. The number of rotatable bonds is 11. The smallest absolute Gasteiger partial charge is 0.278 e. The number of pyridine rings is 1. The number of halogens is 1. The van der Waals surface area contributed by atoms with Gasteiger partial charge in [0.15, 0.2) is 11.4 Å². The van der Waals surface area contributed by atoms with Gasteiger partial charge in [0.25, 0.3) is 5.91 Å². The van der Waals surface area contributed by atoms with E-state index in [4.69, 9.17) is 9.47 Å². The lowest BCUT2D eigenvalue weighted by molar-refractivity contribution is 0.0698. The largest absolute Gasteiger partial charge is 0.489 e. The molecule has 0 saturated carbocycles. The number of carbonyl (C=O) groups is 1. The third-order valence-electron chi connectivity index (χ3n) is 6.76. The fourth-order valence-corrected chi connectivity index (χ4v) is 4.92. The minimum absolute atomic E-state index is 0.0485. The molecule has 1 unspecified atom stereocenters. The highest BCUT2D eigenvalue weighted by Gasteiger charge is 2.38. The molecule has 0 saturated heterocycles. The molecule has 0 fully saturated rings. The summed E-state index contributed by atoms with van der Waals surface area (Å²) in [6.45, 7) is 8.18. The SMILES string of the molecule is C=CCOc1ccccc1C(c1ccccc1F)N1CN(CC=C)C(=O)c2c(OCc3ccccc3)c(=O)ccn21. The molecule has 1 aromatic heterocycles. The Kier molecular flexibility index (Phi) is 8.29. The zero-order valence-corrected chi connectivity index (χ0v) is 22.5. The maximum atomic E-state index is 15.5. The summed E-state index contributed by atoms with van der Waals surface area (Å²) in [6, 6.07) is 23.8. The fourth-order valence-electron chi connectivity index (χ4n) is 4.92. The van der Waals surface area contributed by atoms with Crippen LogP contribution in [0.3, 0.4) is 0 Å². The van der Waals surface area contributed by atoms with Gasteiger partial charge in [-0.15, -0.1) is 6.58 Å². The van der Waals surface area contributed by atoms with Crippen molar-refractivity contribution in [3.05, 3.63) is 155 Å². The van der Waals surface area contributed by atoms with E-state index in [1.165, 1.54) is 23.2 Å². The summed E-state index contributed by atoms with van der Waals surface area (Å²) in [6.07, 6.45) is 4.77. The Labute approximate surface area is 238 Å². The zero-order valence-electron chi connectivity index (χ0n) is 22.5. The van der Waals surface area contributed by atoms with Crippen LogP contribution in [0.4, 0.5) is 4.39 Å². The molecule has 1 atom stereocenters.